The van der Waals surface area contributed by atoms with Crippen molar-refractivity contribution < 1.29 is 9.90 Å². The summed E-state index contributed by atoms with van der Waals surface area (Å²) in [7, 11) is 0. The standard InChI is InChI=1S/C13H24N4O2S/c1-3-5-6-7-11-16-17-13(20-11)15-12(19)14-10(4-2)8-9-18/h10,18H,3-9H2,1-2H3,(H2,14,15,17,19). The monoisotopic (exact) mass is 300 g/mol. The molecule has 0 aromatic carbocycles. The summed E-state index contributed by atoms with van der Waals surface area (Å²) < 4.78 is 0. The van der Waals surface area contributed by atoms with Gasteiger partial charge in [0.1, 0.15) is 5.01 Å². The molecular weight excluding hydrogens is 276 g/mol. The number of carbonyl (C=O) groups is 1. The number of unbranched alkanes of at least 4 members (excludes halogenated alkanes) is 2. The van der Waals surface area contributed by atoms with Gasteiger partial charge in [-0.15, -0.1) is 10.2 Å². The fourth-order valence-corrected chi connectivity index (χ4v) is 2.56. The van der Waals surface area contributed by atoms with Crippen LogP contribution in [-0.2, 0) is 6.42 Å². The van der Waals surface area contributed by atoms with E-state index in [1.807, 2.05) is 6.92 Å². The Kier molecular flexibility index (Phi) is 8.13. The first-order valence-corrected chi connectivity index (χ1v) is 8.02. The van der Waals surface area contributed by atoms with Crippen molar-refractivity contribution in [2.75, 3.05) is 11.9 Å². The molecule has 3 N–H and O–H groups in total. The number of hydrogen-bond donors (Lipinski definition) is 3. The van der Waals surface area contributed by atoms with E-state index >= 15 is 0 Å². The van der Waals surface area contributed by atoms with E-state index in [1.165, 1.54) is 24.2 Å². The predicted molar refractivity (Wildman–Crippen MR) is 81.1 cm³/mol. The van der Waals surface area contributed by atoms with E-state index in [-0.39, 0.29) is 18.7 Å². The van der Waals surface area contributed by atoms with Gasteiger partial charge >= 0.3 is 6.03 Å². The molecule has 1 aromatic heterocycles. The highest BCUT2D eigenvalue weighted by atomic mass is 32.1. The summed E-state index contributed by atoms with van der Waals surface area (Å²) in [5.74, 6) is 0. The number of carbonyl (C=O) groups excluding carboxylic acids is 1. The van der Waals surface area contributed by atoms with Crippen LogP contribution in [0.2, 0.25) is 0 Å². The summed E-state index contributed by atoms with van der Waals surface area (Å²) in [6.45, 7) is 4.20. The Bertz CT molecular complexity index is 397. The van der Waals surface area contributed by atoms with E-state index in [1.54, 1.807) is 0 Å². The summed E-state index contributed by atoms with van der Waals surface area (Å²) in [6.07, 6.45) is 5.72. The van der Waals surface area contributed by atoms with Crippen molar-refractivity contribution in [1.82, 2.24) is 15.5 Å². The molecule has 6 nitrogen and oxygen atoms in total. The average Bonchev–Trinajstić information content (AvgIpc) is 2.86. The largest absolute Gasteiger partial charge is 0.396 e. The van der Waals surface area contributed by atoms with E-state index in [4.69, 9.17) is 5.11 Å². The average molecular weight is 300 g/mol. The molecule has 2 amide bonds. The highest BCUT2D eigenvalue weighted by Crippen LogP contribution is 2.17. The third-order valence-corrected chi connectivity index (χ3v) is 3.89. The quantitative estimate of drug-likeness (QED) is 0.612. The van der Waals surface area contributed by atoms with E-state index < -0.39 is 0 Å². The van der Waals surface area contributed by atoms with E-state index in [0.717, 1.165) is 24.3 Å². The molecule has 0 fully saturated rings. The fraction of sp³-hybridized carbons (Fsp3) is 0.769. The molecule has 1 rings (SSSR count). The van der Waals surface area contributed by atoms with Gasteiger partial charge in [-0.05, 0) is 19.3 Å². The van der Waals surface area contributed by atoms with Crippen LogP contribution in [0.15, 0.2) is 0 Å². The minimum Gasteiger partial charge on any atom is -0.396 e. The first-order chi connectivity index (χ1) is 9.69. The van der Waals surface area contributed by atoms with Crippen molar-refractivity contribution >= 4 is 22.5 Å². The van der Waals surface area contributed by atoms with E-state index in [2.05, 4.69) is 27.8 Å². The van der Waals surface area contributed by atoms with Gasteiger partial charge in [-0.3, -0.25) is 5.32 Å². The van der Waals surface area contributed by atoms with Crippen molar-refractivity contribution in [3.05, 3.63) is 5.01 Å². The molecule has 114 valence electrons. The number of anilines is 1. The van der Waals surface area contributed by atoms with Crippen LogP contribution in [0.4, 0.5) is 9.93 Å². The lowest BCUT2D eigenvalue weighted by atomic mass is 10.2. The predicted octanol–water partition coefficient (Wildman–Crippen LogP) is 2.55. The number of nitrogens with zero attached hydrogens (tertiary/aromatic N) is 2. The molecule has 0 bridgehead atoms. The van der Waals surface area contributed by atoms with E-state index in [9.17, 15) is 4.79 Å². The topological polar surface area (TPSA) is 87.1 Å². The molecule has 1 heterocycles. The SMILES string of the molecule is CCCCCc1nnc(NC(=O)NC(CC)CCO)s1. The lowest BCUT2D eigenvalue weighted by molar-refractivity contribution is 0.237. The summed E-state index contributed by atoms with van der Waals surface area (Å²) in [5, 5.41) is 23.9. The molecule has 1 aromatic rings. The first-order valence-electron chi connectivity index (χ1n) is 7.20. The van der Waals surface area contributed by atoms with Crippen molar-refractivity contribution in [3.8, 4) is 0 Å². The maximum absolute atomic E-state index is 11.8. The zero-order chi connectivity index (χ0) is 14.8. The maximum atomic E-state index is 11.8. The molecule has 0 spiro atoms. The second-order valence-corrected chi connectivity index (χ2v) is 5.74. The van der Waals surface area contributed by atoms with Crippen LogP contribution in [0.5, 0.6) is 0 Å². The second-order valence-electron chi connectivity index (χ2n) is 4.67. The Morgan fingerprint density at radius 3 is 2.80 bits per heavy atom. The molecule has 0 saturated heterocycles. The van der Waals surface area contributed by atoms with E-state index in [0.29, 0.717) is 11.6 Å². The minimum absolute atomic E-state index is 0.0167. The first kappa shape index (κ1) is 16.8. The molecule has 1 atom stereocenters. The Labute approximate surface area is 124 Å². The van der Waals surface area contributed by atoms with Crippen LogP contribution in [0, 0.1) is 0 Å². The molecule has 20 heavy (non-hydrogen) atoms. The zero-order valence-corrected chi connectivity index (χ0v) is 13.0. The number of hydrogen-bond acceptors (Lipinski definition) is 5. The van der Waals surface area contributed by atoms with Crippen LogP contribution < -0.4 is 10.6 Å². The number of amides is 2. The molecule has 1 unspecified atom stereocenters. The van der Waals surface area contributed by atoms with Crippen LogP contribution >= 0.6 is 11.3 Å². The summed E-state index contributed by atoms with van der Waals surface area (Å²) in [6, 6.07) is -0.307. The number of aliphatic hydroxyl groups excluding tert-OH is 1. The lowest BCUT2D eigenvalue weighted by Crippen LogP contribution is -2.38. The van der Waals surface area contributed by atoms with Gasteiger partial charge in [-0.2, -0.15) is 0 Å². The van der Waals surface area contributed by atoms with Crippen molar-refractivity contribution in [1.29, 1.82) is 0 Å². The van der Waals surface area contributed by atoms with Crippen molar-refractivity contribution in [2.24, 2.45) is 0 Å². The Balaban J connectivity index is 2.37. The van der Waals surface area contributed by atoms with Crippen molar-refractivity contribution in [3.63, 3.8) is 0 Å². The summed E-state index contributed by atoms with van der Waals surface area (Å²) in [5.41, 5.74) is 0. The number of aryl methyl sites for hydroxylation is 1. The molecule has 0 aliphatic carbocycles. The van der Waals surface area contributed by atoms with Crippen LogP contribution in [0.3, 0.4) is 0 Å². The van der Waals surface area contributed by atoms with Gasteiger partial charge in [0.25, 0.3) is 0 Å². The van der Waals surface area contributed by atoms with Gasteiger partial charge in [0.2, 0.25) is 5.13 Å². The highest BCUT2D eigenvalue weighted by Gasteiger charge is 2.12. The van der Waals surface area contributed by atoms with Crippen LogP contribution in [-0.4, -0.2) is 34.0 Å². The number of aliphatic hydroxyl groups is 1. The zero-order valence-electron chi connectivity index (χ0n) is 12.2. The highest BCUT2D eigenvalue weighted by molar-refractivity contribution is 7.15. The fourth-order valence-electron chi connectivity index (χ4n) is 1.78. The third-order valence-electron chi connectivity index (χ3n) is 2.99. The molecular formula is C13H24N4O2S. The molecule has 0 aliphatic rings. The van der Waals surface area contributed by atoms with Crippen LogP contribution in [0.1, 0.15) is 51.0 Å². The van der Waals surface area contributed by atoms with Gasteiger partial charge < -0.3 is 10.4 Å². The number of aromatic nitrogens is 2. The molecule has 7 heteroatoms. The number of urea groups is 1. The minimum atomic E-state index is -0.290. The maximum Gasteiger partial charge on any atom is 0.321 e. The normalized spacial score (nSPS) is 12.2. The smallest absolute Gasteiger partial charge is 0.321 e. The van der Waals surface area contributed by atoms with Crippen LogP contribution in [0.25, 0.3) is 0 Å². The van der Waals surface area contributed by atoms with Gasteiger partial charge in [-0.1, -0.05) is 38.0 Å². The Hall–Kier alpha value is -1.21. The molecule has 0 radical (unpaired) electrons. The third kappa shape index (κ3) is 6.29. The lowest BCUT2D eigenvalue weighted by Gasteiger charge is -2.15. The van der Waals surface area contributed by atoms with Gasteiger partial charge in [-0.25, -0.2) is 4.79 Å². The summed E-state index contributed by atoms with van der Waals surface area (Å²) >= 11 is 1.42. The number of rotatable bonds is 9. The van der Waals surface area contributed by atoms with Crippen molar-refractivity contribution in [2.45, 2.75) is 58.4 Å². The second kappa shape index (κ2) is 9.66. The molecule has 0 aliphatic heterocycles. The van der Waals surface area contributed by atoms with Gasteiger partial charge in [0, 0.05) is 19.1 Å². The summed E-state index contributed by atoms with van der Waals surface area (Å²) in [4.78, 5) is 11.8. The Morgan fingerprint density at radius 1 is 1.35 bits per heavy atom. The number of nitrogens with one attached hydrogen (secondary N) is 2. The van der Waals surface area contributed by atoms with Gasteiger partial charge in [0.15, 0.2) is 0 Å². The molecule has 0 saturated carbocycles. The van der Waals surface area contributed by atoms with Gasteiger partial charge in [0.05, 0.1) is 0 Å². The Morgan fingerprint density at radius 2 is 2.15 bits per heavy atom.